The van der Waals surface area contributed by atoms with Crippen molar-refractivity contribution in [2.45, 2.75) is 51.2 Å². The lowest BCUT2D eigenvalue weighted by Crippen LogP contribution is -2.35. The molecule has 0 amide bonds. The Morgan fingerprint density at radius 3 is 2.42 bits per heavy atom. The molecule has 1 fully saturated rings. The third kappa shape index (κ3) is 4.29. The van der Waals surface area contributed by atoms with Crippen LogP contribution >= 0.6 is 0 Å². The van der Waals surface area contributed by atoms with Crippen molar-refractivity contribution < 1.29 is 9.50 Å². The van der Waals surface area contributed by atoms with Gasteiger partial charge in [0.15, 0.2) is 0 Å². The van der Waals surface area contributed by atoms with Gasteiger partial charge in [0.2, 0.25) is 0 Å². The molecule has 0 heterocycles. The highest BCUT2D eigenvalue weighted by molar-refractivity contribution is 5.18. The van der Waals surface area contributed by atoms with Crippen molar-refractivity contribution in [2.75, 3.05) is 6.54 Å². The van der Waals surface area contributed by atoms with E-state index in [2.05, 4.69) is 12.2 Å². The van der Waals surface area contributed by atoms with Gasteiger partial charge in [0, 0.05) is 12.6 Å². The lowest BCUT2D eigenvalue weighted by atomic mass is 9.84. The molecule has 1 atom stereocenters. The topological polar surface area (TPSA) is 32.3 Å². The van der Waals surface area contributed by atoms with E-state index in [0.717, 1.165) is 11.5 Å². The van der Waals surface area contributed by atoms with Gasteiger partial charge in [-0.05, 0) is 49.3 Å². The molecular weight excluding hydrogens is 241 g/mol. The minimum absolute atomic E-state index is 0.262. The van der Waals surface area contributed by atoms with Crippen molar-refractivity contribution in [3.05, 3.63) is 35.6 Å². The summed E-state index contributed by atoms with van der Waals surface area (Å²) in [6.45, 7) is 2.81. The van der Waals surface area contributed by atoms with E-state index in [9.17, 15) is 9.50 Å². The van der Waals surface area contributed by atoms with Gasteiger partial charge < -0.3 is 10.4 Å². The molecule has 0 radical (unpaired) electrons. The summed E-state index contributed by atoms with van der Waals surface area (Å²) < 4.78 is 12.8. The second-order valence-electron chi connectivity index (χ2n) is 5.60. The van der Waals surface area contributed by atoms with Crippen LogP contribution in [0.15, 0.2) is 24.3 Å². The molecule has 1 unspecified atom stereocenters. The molecule has 0 spiro atoms. The standard InChI is InChI=1S/C16H24FNO/c1-2-12-3-9-15(10-4-12)18-11-16(19)13-5-7-14(17)8-6-13/h5-8,12,15-16,18-19H,2-4,9-11H2,1H3. The number of hydrogen-bond acceptors (Lipinski definition) is 2. The van der Waals surface area contributed by atoms with E-state index >= 15 is 0 Å². The summed E-state index contributed by atoms with van der Waals surface area (Å²) in [4.78, 5) is 0. The smallest absolute Gasteiger partial charge is 0.123 e. The van der Waals surface area contributed by atoms with E-state index < -0.39 is 6.10 Å². The lowest BCUT2D eigenvalue weighted by Gasteiger charge is -2.29. The highest BCUT2D eigenvalue weighted by Crippen LogP contribution is 2.26. The molecule has 0 bridgehead atoms. The van der Waals surface area contributed by atoms with Gasteiger partial charge in [-0.2, -0.15) is 0 Å². The predicted molar refractivity (Wildman–Crippen MR) is 75.4 cm³/mol. The Hall–Kier alpha value is -0.930. The van der Waals surface area contributed by atoms with Crippen molar-refractivity contribution in [3.8, 4) is 0 Å². The molecule has 1 aromatic rings. The zero-order valence-corrected chi connectivity index (χ0v) is 11.6. The first kappa shape index (κ1) is 14.5. The van der Waals surface area contributed by atoms with Crippen LogP contribution in [0, 0.1) is 11.7 Å². The Bertz CT molecular complexity index is 371. The summed E-state index contributed by atoms with van der Waals surface area (Å²) in [6, 6.07) is 6.61. The summed E-state index contributed by atoms with van der Waals surface area (Å²) in [6.07, 6.45) is 5.72. The number of nitrogens with one attached hydrogen (secondary N) is 1. The maximum absolute atomic E-state index is 12.8. The summed E-state index contributed by atoms with van der Waals surface area (Å²) in [5, 5.41) is 13.5. The Morgan fingerprint density at radius 1 is 1.21 bits per heavy atom. The molecule has 0 aromatic heterocycles. The van der Waals surface area contributed by atoms with Crippen LogP contribution in [-0.4, -0.2) is 17.7 Å². The monoisotopic (exact) mass is 265 g/mol. The first-order valence-corrected chi connectivity index (χ1v) is 7.36. The third-order valence-electron chi connectivity index (χ3n) is 4.28. The van der Waals surface area contributed by atoms with Gasteiger partial charge in [-0.3, -0.25) is 0 Å². The number of aliphatic hydroxyl groups excluding tert-OH is 1. The van der Waals surface area contributed by atoms with Gasteiger partial charge in [0.25, 0.3) is 0 Å². The zero-order chi connectivity index (χ0) is 13.7. The molecule has 1 aromatic carbocycles. The van der Waals surface area contributed by atoms with E-state index in [1.54, 1.807) is 12.1 Å². The summed E-state index contributed by atoms with van der Waals surface area (Å²) >= 11 is 0. The molecule has 3 heteroatoms. The second kappa shape index (κ2) is 7.01. The quantitative estimate of drug-likeness (QED) is 0.855. The van der Waals surface area contributed by atoms with Gasteiger partial charge in [-0.1, -0.05) is 25.5 Å². The van der Waals surface area contributed by atoms with Gasteiger partial charge in [0.05, 0.1) is 6.10 Å². The average molecular weight is 265 g/mol. The molecule has 2 nitrogen and oxygen atoms in total. The molecule has 1 aliphatic rings. The molecule has 2 N–H and O–H groups in total. The number of rotatable bonds is 5. The highest BCUT2D eigenvalue weighted by atomic mass is 19.1. The van der Waals surface area contributed by atoms with Crippen LogP contribution in [0.25, 0.3) is 0 Å². The number of benzene rings is 1. The molecule has 19 heavy (non-hydrogen) atoms. The minimum Gasteiger partial charge on any atom is -0.387 e. The Morgan fingerprint density at radius 2 is 1.84 bits per heavy atom. The summed E-state index contributed by atoms with van der Waals surface area (Å²) in [5.74, 6) is 0.627. The van der Waals surface area contributed by atoms with Crippen LogP contribution in [0.4, 0.5) is 4.39 Å². The molecule has 106 valence electrons. The maximum atomic E-state index is 12.8. The molecule has 0 aliphatic heterocycles. The van der Waals surface area contributed by atoms with E-state index in [-0.39, 0.29) is 5.82 Å². The van der Waals surface area contributed by atoms with Gasteiger partial charge in [0.1, 0.15) is 5.82 Å². The first-order chi connectivity index (χ1) is 9.19. The zero-order valence-electron chi connectivity index (χ0n) is 11.6. The lowest BCUT2D eigenvalue weighted by molar-refractivity contribution is 0.162. The fraction of sp³-hybridized carbons (Fsp3) is 0.625. The Kier molecular flexibility index (Phi) is 5.34. The average Bonchev–Trinajstić information content (AvgIpc) is 2.46. The van der Waals surface area contributed by atoms with Crippen LogP contribution in [0.1, 0.15) is 50.7 Å². The molecule has 0 saturated heterocycles. The minimum atomic E-state index is -0.551. The largest absolute Gasteiger partial charge is 0.387 e. The second-order valence-corrected chi connectivity index (χ2v) is 5.60. The van der Waals surface area contributed by atoms with E-state index in [0.29, 0.717) is 12.6 Å². The predicted octanol–water partition coefficient (Wildman–Crippen LogP) is 3.42. The van der Waals surface area contributed by atoms with E-state index in [1.165, 1.54) is 44.2 Å². The normalized spacial score (nSPS) is 25.2. The summed E-state index contributed by atoms with van der Waals surface area (Å²) in [7, 11) is 0. The van der Waals surface area contributed by atoms with Crippen molar-refractivity contribution in [1.82, 2.24) is 5.32 Å². The van der Waals surface area contributed by atoms with Crippen LogP contribution in [0.2, 0.25) is 0 Å². The fourth-order valence-electron chi connectivity index (χ4n) is 2.86. The molecule has 1 aliphatic carbocycles. The Labute approximate surface area is 115 Å². The van der Waals surface area contributed by atoms with Crippen LogP contribution < -0.4 is 5.32 Å². The highest BCUT2D eigenvalue weighted by Gasteiger charge is 2.20. The van der Waals surface area contributed by atoms with Crippen molar-refractivity contribution in [2.24, 2.45) is 5.92 Å². The third-order valence-corrected chi connectivity index (χ3v) is 4.28. The van der Waals surface area contributed by atoms with Crippen LogP contribution in [0.3, 0.4) is 0 Å². The van der Waals surface area contributed by atoms with Crippen molar-refractivity contribution >= 4 is 0 Å². The van der Waals surface area contributed by atoms with Gasteiger partial charge in [-0.15, -0.1) is 0 Å². The Balaban J connectivity index is 1.75. The fourth-order valence-corrected chi connectivity index (χ4v) is 2.86. The number of halogens is 1. The maximum Gasteiger partial charge on any atom is 0.123 e. The van der Waals surface area contributed by atoms with Crippen molar-refractivity contribution in [3.63, 3.8) is 0 Å². The molecule has 2 rings (SSSR count). The number of hydrogen-bond donors (Lipinski definition) is 2. The summed E-state index contributed by atoms with van der Waals surface area (Å²) in [5.41, 5.74) is 0.774. The number of aliphatic hydroxyl groups is 1. The van der Waals surface area contributed by atoms with E-state index in [4.69, 9.17) is 0 Å². The molecule has 1 saturated carbocycles. The van der Waals surface area contributed by atoms with Crippen LogP contribution in [-0.2, 0) is 0 Å². The van der Waals surface area contributed by atoms with Gasteiger partial charge in [-0.25, -0.2) is 4.39 Å². The van der Waals surface area contributed by atoms with Crippen LogP contribution in [0.5, 0.6) is 0 Å². The molecular formula is C16H24FNO. The van der Waals surface area contributed by atoms with E-state index in [1.807, 2.05) is 0 Å². The van der Waals surface area contributed by atoms with Gasteiger partial charge >= 0.3 is 0 Å². The van der Waals surface area contributed by atoms with Crippen molar-refractivity contribution in [1.29, 1.82) is 0 Å². The first-order valence-electron chi connectivity index (χ1n) is 7.36. The SMILES string of the molecule is CCC1CCC(NCC(O)c2ccc(F)cc2)CC1.